The quantitative estimate of drug-likeness (QED) is 0.136. The molecular weight excluding hydrogens is 820 g/mol. The van der Waals surface area contributed by atoms with Gasteiger partial charge in [-0.05, 0) is 103 Å². The van der Waals surface area contributed by atoms with Crippen LogP contribution in [0, 0.1) is 38.8 Å². The van der Waals surface area contributed by atoms with Gasteiger partial charge in [-0.3, -0.25) is 4.68 Å². The molecular formula is C46H48N4OPt. The van der Waals surface area contributed by atoms with Crippen molar-refractivity contribution in [1.82, 2.24) is 19.3 Å². The largest absolute Gasteiger partial charge is 2.00 e. The smallest absolute Gasteiger partial charge is 0.509 e. The van der Waals surface area contributed by atoms with Gasteiger partial charge in [0, 0.05) is 34.5 Å². The molecule has 0 spiro atoms. The van der Waals surface area contributed by atoms with Crippen LogP contribution in [0.1, 0.15) is 81.6 Å². The normalized spacial score (nSPS) is 11.8. The number of hydrogen-bond acceptors (Lipinski definition) is 3. The average Bonchev–Trinajstić information content (AvgIpc) is 3.60. The van der Waals surface area contributed by atoms with Crippen molar-refractivity contribution in [3.8, 4) is 34.1 Å². The predicted molar refractivity (Wildman–Crippen MR) is 211 cm³/mol. The molecule has 0 aliphatic carbocycles. The summed E-state index contributed by atoms with van der Waals surface area (Å²) >= 11 is 0. The van der Waals surface area contributed by atoms with Crippen molar-refractivity contribution in [2.75, 3.05) is 0 Å². The van der Waals surface area contributed by atoms with Crippen molar-refractivity contribution in [2.45, 2.75) is 87.0 Å². The molecule has 0 radical (unpaired) electrons. The second-order valence-electron chi connectivity index (χ2n) is 15.3. The molecule has 3 heterocycles. The SMILES string of the molecule is CCc1ccnc(-n2c3[c-]c(Oc4[c-]c(-n5nc(C)c(-c6c(C)cccc6C)c5CCC(C)C)cc(C(C)(C)C)c4)ccc3c3ccccc32)c1.[Pt+2]. The summed E-state index contributed by atoms with van der Waals surface area (Å²) in [5.74, 6) is 2.70. The van der Waals surface area contributed by atoms with E-state index in [1.807, 2.05) is 12.3 Å². The molecule has 0 aliphatic rings. The summed E-state index contributed by atoms with van der Waals surface area (Å²) in [7, 11) is 0. The number of nitrogens with zero attached hydrogens (tertiary/aromatic N) is 4. The summed E-state index contributed by atoms with van der Waals surface area (Å²) < 4.78 is 11.0. The van der Waals surface area contributed by atoms with E-state index in [0.717, 1.165) is 63.8 Å². The summed E-state index contributed by atoms with van der Waals surface area (Å²) in [5.41, 5.74) is 12.4. The molecule has 0 amide bonds. The Morgan fingerprint density at radius 1 is 0.808 bits per heavy atom. The van der Waals surface area contributed by atoms with Gasteiger partial charge in [-0.15, -0.1) is 41.3 Å². The summed E-state index contributed by atoms with van der Waals surface area (Å²) in [4.78, 5) is 4.79. The van der Waals surface area contributed by atoms with Crippen LogP contribution in [-0.2, 0) is 39.3 Å². The van der Waals surface area contributed by atoms with Crippen LogP contribution in [0.2, 0.25) is 0 Å². The Kier molecular flexibility index (Phi) is 10.7. The summed E-state index contributed by atoms with van der Waals surface area (Å²) in [6.07, 6.45) is 4.80. The number of aryl methyl sites for hydroxylation is 4. The van der Waals surface area contributed by atoms with E-state index in [2.05, 4.69) is 156 Å². The van der Waals surface area contributed by atoms with E-state index in [1.54, 1.807) is 0 Å². The molecule has 0 aliphatic heterocycles. The summed E-state index contributed by atoms with van der Waals surface area (Å²) in [6.45, 7) is 20.0. The zero-order chi connectivity index (χ0) is 36.0. The molecule has 6 heteroatoms. The predicted octanol–water partition coefficient (Wildman–Crippen LogP) is 11.8. The third-order valence-electron chi connectivity index (χ3n) is 9.99. The maximum absolute atomic E-state index is 6.73. The van der Waals surface area contributed by atoms with Crippen molar-refractivity contribution in [2.24, 2.45) is 5.92 Å². The van der Waals surface area contributed by atoms with Gasteiger partial charge >= 0.3 is 21.1 Å². The molecule has 268 valence electrons. The van der Waals surface area contributed by atoms with Gasteiger partial charge in [0.2, 0.25) is 0 Å². The zero-order valence-corrected chi connectivity index (χ0v) is 34.1. The number of rotatable bonds is 9. The van der Waals surface area contributed by atoms with Crippen molar-refractivity contribution in [3.05, 3.63) is 131 Å². The van der Waals surface area contributed by atoms with Gasteiger partial charge in [0.1, 0.15) is 5.82 Å². The van der Waals surface area contributed by atoms with E-state index in [1.165, 1.54) is 33.5 Å². The number of pyridine rings is 1. The first kappa shape index (κ1) is 37.3. The second kappa shape index (κ2) is 14.9. The van der Waals surface area contributed by atoms with Crippen LogP contribution in [-0.4, -0.2) is 19.3 Å². The molecule has 4 aromatic carbocycles. The number of aromatic nitrogens is 4. The Morgan fingerprint density at radius 2 is 1.56 bits per heavy atom. The molecule has 52 heavy (non-hydrogen) atoms. The van der Waals surface area contributed by atoms with E-state index in [9.17, 15) is 0 Å². The fourth-order valence-electron chi connectivity index (χ4n) is 7.19. The number of ether oxygens (including phenoxy) is 1. The van der Waals surface area contributed by atoms with Crippen LogP contribution in [0.5, 0.6) is 11.5 Å². The first-order valence-electron chi connectivity index (χ1n) is 18.2. The van der Waals surface area contributed by atoms with Crippen LogP contribution < -0.4 is 4.74 Å². The van der Waals surface area contributed by atoms with Crippen LogP contribution in [0.25, 0.3) is 44.4 Å². The average molecular weight is 868 g/mol. The Balaban J connectivity index is 0.00000464. The Hall–Kier alpha value is -4.47. The zero-order valence-electron chi connectivity index (χ0n) is 31.8. The van der Waals surface area contributed by atoms with Crippen LogP contribution in [0.15, 0.2) is 85.1 Å². The van der Waals surface area contributed by atoms with E-state index in [-0.39, 0.29) is 26.5 Å². The molecule has 0 saturated heterocycles. The van der Waals surface area contributed by atoms with E-state index in [4.69, 9.17) is 14.8 Å². The number of para-hydroxylation sites is 1. The fourth-order valence-corrected chi connectivity index (χ4v) is 7.19. The van der Waals surface area contributed by atoms with Gasteiger partial charge in [-0.1, -0.05) is 83.5 Å². The molecule has 0 unspecified atom stereocenters. The van der Waals surface area contributed by atoms with Crippen LogP contribution in [0.3, 0.4) is 0 Å². The van der Waals surface area contributed by atoms with Gasteiger partial charge in [0.15, 0.2) is 0 Å². The van der Waals surface area contributed by atoms with Crippen molar-refractivity contribution >= 4 is 21.8 Å². The van der Waals surface area contributed by atoms with Crippen molar-refractivity contribution in [1.29, 1.82) is 0 Å². The third kappa shape index (κ3) is 7.13. The Labute approximate surface area is 323 Å². The minimum atomic E-state index is -0.131. The Bertz CT molecular complexity index is 2370. The van der Waals surface area contributed by atoms with Crippen molar-refractivity contribution in [3.63, 3.8) is 0 Å². The molecule has 0 saturated carbocycles. The first-order chi connectivity index (χ1) is 24.4. The van der Waals surface area contributed by atoms with Crippen LogP contribution >= 0.6 is 0 Å². The molecule has 0 atom stereocenters. The first-order valence-corrected chi connectivity index (χ1v) is 18.2. The monoisotopic (exact) mass is 867 g/mol. The Morgan fingerprint density at radius 3 is 2.27 bits per heavy atom. The number of hydrogen-bond donors (Lipinski definition) is 0. The molecule has 7 rings (SSSR count). The van der Waals surface area contributed by atoms with E-state index in [0.29, 0.717) is 17.4 Å². The third-order valence-corrected chi connectivity index (χ3v) is 9.99. The van der Waals surface area contributed by atoms with Gasteiger partial charge in [-0.25, -0.2) is 4.98 Å². The summed E-state index contributed by atoms with van der Waals surface area (Å²) in [5, 5.41) is 7.49. The van der Waals surface area contributed by atoms with Crippen LogP contribution in [0.4, 0.5) is 0 Å². The molecule has 5 nitrogen and oxygen atoms in total. The number of benzene rings is 4. The standard InChI is InChI=1S/C46H48N4O.Pt/c1-10-33-22-23-47-43(24-33)49-40-17-12-11-16-38(40)39-20-19-36(28-42(39)49)51-37-26-34(46(7,8)9)25-35(27-37)50-41(21-18-29(2)3)45(32(6)48-50)44-30(4)14-13-15-31(44)5;/h11-17,19-20,22-26,29H,10,18,21H2,1-9H3;/q-2;+2. The van der Waals surface area contributed by atoms with E-state index >= 15 is 0 Å². The number of fused-ring (bicyclic) bond motifs is 3. The molecule has 7 aromatic rings. The minimum Gasteiger partial charge on any atom is -0.509 e. The van der Waals surface area contributed by atoms with Crippen molar-refractivity contribution < 1.29 is 25.8 Å². The molecule has 0 N–H and O–H groups in total. The van der Waals surface area contributed by atoms with Gasteiger partial charge in [0.05, 0.1) is 5.69 Å². The van der Waals surface area contributed by atoms with E-state index < -0.39 is 0 Å². The molecule has 0 fully saturated rings. The van der Waals surface area contributed by atoms with Gasteiger partial charge in [-0.2, -0.15) is 11.2 Å². The minimum absolute atomic E-state index is 0. The second-order valence-corrected chi connectivity index (χ2v) is 15.3. The van der Waals surface area contributed by atoms with Gasteiger partial charge < -0.3 is 9.30 Å². The fraction of sp³-hybridized carbons (Fsp3) is 0.304. The maximum atomic E-state index is 6.73. The maximum Gasteiger partial charge on any atom is 2.00 e. The topological polar surface area (TPSA) is 44.9 Å². The molecule has 3 aromatic heterocycles. The van der Waals surface area contributed by atoms with Gasteiger partial charge in [0.25, 0.3) is 0 Å². The summed E-state index contributed by atoms with van der Waals surface area (Å²) in [6, 6.07) is 35.0. The molecule has 0 bridgehead atoms.